The van der Waals surface area contributed by atoms with E-state index in [0.717, 1.165) is 0 Å². The molecular formula is C15H15FN2O3S. The quantitative estimate of drug-likeness (QED) is 0.727. The van der Waals surface area contributed by atoms with E-state index in [1.54, 1.807) is 12.1 Å². The zero-order valence-corrected chi connectivity index (χ0v) is 12.4. The molecule has 0 saturated heterocycles. The van der Waals surface area contributed by atoms with Crippen molar-refractivity contribution in [1.29, 1.82) is 0 Å². The van der Waals surface area contributed by atoms with Gasteiger partial charge in [0.1, 0.15) is 11.9 Å². The number of carbonyl (C=O) groups is 2. The number of aliphatic hydroxyl groups is 1. The Bertz CT molecular complexity index is 629. The lowest BCUT2D eigenvalue weighted by atomic mass is 10.2. The monoisotopic (exact) mass is 322 g/mol. The number of amides is 2. The van der Waals surface area contributed by atoms with Gasteiger partial charge in [-0.25, -0.2) is 4.39 Å². The predicted octanol–water partition coefficient (Wildman–Crippen LogP) is 1.35. The molecule has 1 atom stereocenters. The fraction of sp³-hybridized carbons (Fsp3) is 0.200. The van der Waals surface area contributed by atoms with E-state index in [0.29, 0.717) is 10.4 Å². The van der Waals surface area contributed by atoms with Crippen molar-refractivity contribution in [2.24, 2.45) is 0 Å². The first kappa shape index (κ1) is 16.1. The van der Waals surface area contributed by atoms with E-state index < -0.39 is 17.9 Å². The second kappa shape index (κ2) is 7.67. The predicted molar refractivity (Wildman–Crippen MR) is 80.5 cm³/mol. The second-order valence-corrected chi connectivity index (χ2v) is 5.53. The molecular weight excluding hydrogens is 307 g/mol. The van der Waals surface area contributed by atoms with Crippen molar-refractivity contribution in [1.82, 2.24) is 10.6 Å². The Kier molecular flexibility index (Phi) is 5.62. The van der Waals surface area contributed by atoms with Gasteiger partial charge in [-0.3, -0.25) is 9.59 Å². The normalized spacial score (nSPS) is 11.7. The minimum absolute atomic E-state index is 0.0384. The van der Waals surface area contributed by atoms with Crippen molar-refractivity contribution >= 4 is 23.2 Å². The van der Waals surface area contributed by atoms with Crippen molar-refractivity contribution in [3.63, 3.8) is 0 Å². The molecule has 1 heterocycles. The van der Waals surface area contributed by atoms with Crippen molar-refractivity contribution < 1.29 is 19.1 Å². The lowest BCUT2D eigenvalue weighted by Gasteiger charge is -2.10. The Morgan fingerprint density at radius 1 is 1.14 bits per heavy atom. The maximum Gasteiger partial charge on any atom is 0.309 e. The van der Waals surface area contributed by atoms with Crippen LogP contribution in [0, 0.1) is 5.82 Å². The Morgan fingerprint density at radius 2 is 1.82 bits per heavy atom. The van der Waals surface area contributed by atoms with Gasteiger partial charge in [0.2, 0.25) is 0 Å². The summed E-state index contributed by atoms with van der Waals surface area (Å²) in [4.78, 5) is 23.9. The van der Waals surface area contributed by atoms with Crippen LogP contribution in [0.15, 0.2) is 41.8 Å². The number of nitrogens with one attached hydrogen (secondary N) is 2. The molecule has 0 saturated carbocycles. The minimum atomic E-state index is -0.839. The fourth-order valence-electron chi connectivity index (χ4n) is 1.72. The molecule has 0 aliphatic carbocycles. The van der Waals surface area contributed by atoms with Crippen molar-refractivity contribution in [3.05, 3.63) is 58.0 Å². The number of aliphatic hydroxyl groups excluding tert-OH is 1. The van der Waals surface area contributed by atoms with E-state index in [9.17, 15) is 19.1 Å². The zero-order chi connectivity index (χ0) is 15.9. The molecule has 5 nitrogen and oxygen atoms in total. The Labute approximate surface area is 130 Å². The Morgan fingerprint density at radius 3 is 2.45 bits per heavy atom. The Balaban J connectivity index is 1.75. The van der Waals surface area contributed by atoms with Crippen LogP contribution in [0.25, 0.3) is 0 Å². The van der Waals surface area contributed by atoms with Gasteiger partial charge in [0, 0.05) is 18.0 Å². The topological polar surface area (TPSA) is 78.4 Å². The molecule has 0 spiro atoms. The molecule has 22 heavy (non-hydrogen) atoms. The van der Waals surface area contributed by atoms with Crippen LogP contribution in [0.4, 0.5) is 4.39 Å². The van der Waals surface area contributed by atoms with Gasteiger partial charge >= 0.3 is 11.8 Å². The number of benzene rings is 1. The summed E-state index contributed by atoms with van der Waals surface area (Å²) in [5.74, 6) is -1.99. The van der Waals surface area contributed by atoms with E-state index in [-0.39, 0.29) is 18.9 Å². The first-order valence-corrected chi connectivity index (χ1v) is 7.46. The summed E-state index contributed by atoms with van der Waals surface area (Å²) >= 11 is 1.37. The van der Waals surface area contributed by atoms with Gasteiger partial charge in [-0.1, -0.05) is 18.2 Å². The highest BCUT2D eigenvalue weighted by atomic mass is 32.1. The van der Waals surface area contributed by atoms with Crippen LogP contribution in [0.2, 0.25) is 0 Å². The highest BCUT2D eigenvalue weighted by Gasteiger charge is 2.15. The number of hydrogen-bond donors (Lipinski definition) is 3. The highest BCUT2D eigenvalue weighted by Crippen LogP contribution is 2.17. The van der Waals surface area contributed by atoms with Crippen molar-refractivity contribution in [3.8, 4) is 0 Å². The van der Waals surface area contributed by atoms with Crippen LogP contribution < -0.4 is 10.6 Å². The van der Waals surface area contributed by atoms with Gasteiger partial charge in [-0.2, -0.15) is 0 Å². The summed E-state index contributed by atoms with van der Waals surface area (Å²) in [7, 11) is 0. The zero-order valence-electron chi connectivity index (χ0n) is 11.6. The molecule has 1 aromatic heterocycles. The first-order chi connectivity index (χ1) is 10.6. The molecule has 0 fully saturated rings. The molecule has 1 unspecified atom stereocenters. The van der Waals surface area contributed by atoms with E-state index in [1.807, 2.05) is 5.38 Å². The van der Waals surface area contributed by atoms with Crippen LogP contribution >= 0.6 is 11.3 Å². The molecule has 2 aromatic rings. The summed E-state index contributed by atoms with van der Waals surface area (Å²) in [6.07, 6.45) is -0.839. The van der Waals surface area contributed by atoms with Crippen LogP contribution in [-0.2, 0) is 16.1 Å². The number of thiophene rings is 1. The minimum Gasteiger partial charge on any atom is -0.386 e. The van der Waals surface area contributed by atoms with Gasteiger partial charge in [0.05, 0.1) is 0 Å². The largest absolute Gasteiger partial charge is 0.386 e. The van der Waals surface area contributed by atoms with Crippen molar-refractivity contribution in [2.75, 3.05) is 6.54 Å². The van der Waals surface area contributed by atoms with E-state index in [4.69, 9.17) is 0 Å². The van der Waals surface area contributed by atoms with Gasteiger partial charge in [-0.05, 0) is 29.1 Å². The molecule has 0 aliphatic rings. The summed E-state index contributed by atoms with van der Waals surface area (Å²) in [6.45, 7) is 0.0866. The van der Waals surface area contributed by atoms with Gasteiger partial charge < -0.3 is 15.7 Å². The molecule has 7 heteroatoms. The van der Waals surface area contributed by atoms with E-state index >= 15 is 0 Å². The smallest absolute Gasteiger partial charge is 0.309 e. The molecule has 0 radical (unpaired) electrons. The standard InChI is InChI=1S/C15H15FN2O3S/c16-11-5-3-10(4-6-11)8-17-14(20)15(21)18-9-12(19)13-2-1-7-22-13/h1-7,12,19H,8-9H2,(H,17,20)(H,18,21). The summed E-state index contributed by atoms with van der Waals surface area (Å²) in [6, 6.07) is 9.14. The number of halogens is 1. The Hall–Kier alpha value is -2.25. The van der Waals surface area contributed by atoms with Crippen molar-refractivity contribution in [2.45, 2.75) is 12.6 Å². The van der Waals surface area contributed by atoms with Gasteiger partial charge in [0.25, 0.3) is 0 Å². The molecule has 1 aromatic carbocycles. The maximum absolute atomic E-state index is 12.7. The van der Waals surface area contributed by atoms with Crippen LogP contribution in [0.5, 0.6) is 0 Å². The SMILES string of the molecule is O=C(NCc1ccc(F)cc1)C(=O)NCC(O)c1cccs1. The third-order valence-corrected chi connectivity index (χ3v) is 3.87. The molecule has 0 aliphatic heterocycles. The van der Waals surface area contributed by atoms with E-state index in [1.165, 1.54) is 35.6 Å². The third-order valence-electron chi connectivity index (χ3n) is 2.90. The second-order valence-electron chi connectivity index (χ2n) is 4.55. The fourth-order valence-corrected chi connectivity index (χ4v) is 2.43. The molecule has 0 bridgehead atoms. The van der Waals surface area contributed by atoms with Gasteiger partial charge in [0.15, 0.2) is 0 Å². The highest BCUT2D eigenvalue weighted by molar-refractivity contribution is 7.10. The summed E-state index contributed by atoms with van der Waals surface area (Å²) < 4.78 is 12.7. The first-order valence-electron chi connectivity index (χ1n) is 6.58. The van der Waals surface area contributed by atoms with Crippen LogP contribution in [-0.4, -0.2) is 23.5 Å². The van der Waals surface area contributed by atoms with E-state index in [2.05, 4.69) is 10.6 Å². The average Bonchev–Trinajstić information content (AvgIpc) is 3.06. The average molecular weight is 322 g/mol. The van der Waals surface area contributed by atoms with Crippen LogP contribution in [0.1, 0.15) is 16.5 Å². The molecule has 2 amide bonds. The maximum atomic E-state index is 12.7. The molecule has 3 N–H and O–H groups in total. The number of carbonyl (C=O) groups excluding carboxylic acids is 2. The molecule has 2 rings (SSSR count). The lowest BCUT2D eigenvalue weighted by molar-refractivity contribution is -0.139. The van der Waals surface area contributed by atoms with Crippen LogP contribution in [0.3, 0.4) is 0 Å². The van der Waals surface area contributed by atoms with Gasteiger partial charge in [-0.15, -0.1) is 11.3 Å². The summed E-state index contributed by atoms with van der Waals surface area (Å²) in [5.41, 5.74) is 0.682. The number of hydrogen-bond acceptors (Lipinski definition) is 4. The number of rotatable bonds is 5. The lowest BCUT2D eigenvalue weighted by Crippen LogP contribution is -2.41. The summed E-state index contributed by atoms with van der Waals surface area (Å²) in [5, 5.41) is 16.4. The molecule has 116 valence electrons. The third kappa shape index (κ3) is 4.64.